The van der Waals surface area contributed by atoms with Crippen molar-refractivity contribution < 1.29 is 18.9 Å². The summed E-state index contributed by atoms with van der Waals surface area (Å²) < 4.78 is 15.7. The molecule has 6 heteroatoms. The zero-order chi connectivity index (χ0) is 20.7. The molecule has 28 heavy (non-hydrogen) atoms. The van der Waals surface area contributed by atoms with E-state index in [0.717, 1.165) is 0 Å². The highest BCUT2D eigenvalue weighted by Gasteiger charge is 2.16. The Labute approximate surface area is 175 Å². The molecule has 1 aromatic carbocycles. The van der Waals surface area contributed by atoms with Crippen molar-refractivity contribution in [3.63, 3.8) is 0 Å². The molecule has 0 aliphatic rings. The zero-order valence-corrected chi connectivity index (χ0v) is 19.6. The Kier molecular flexibility index (Phi) is 14.0. The third kappa shape index (κ3) is 12.9. The molecule has 0 heterocycles. The van der Waals surface area contributed by atoms with Gasteiger partial charge in [0.2, 0.25) is 0 Å². The topological polar surface area (TPSA) is 66.8 Å². The van der Waals surface area contributed by atoms with Crippen molar-refractivity contribution in [2.45, 2.75) is 95.8 Å². The molecule has 0 aliphatic carbocycles. The predicted molar refractivity (Wildman–Crippen MR) is 123 cm³/mol. The van der Waals surface area contributed by atoms with Crippen molar-refractivity contribution >= 4 is 18.7 Å². The van der Waals surface area contributed by atoms with Crippen LogP contribution in [0.15, 0.2) is 29.2 Å². The molecule has 0 unspecified atom stereocenters. The van der Waals surface area contributed by atoms with Crippen LogP contribution in [0.4, 0.5) is 0 Å². The van der Waals surface area contributed by atoms with Gasteiger partial charge in [0.15, 0.2) is 0 Å². The molecule has 0 saturated carbocycles. The van der Waals surface area contributed by atoms with E-state index in [4.69, 9.17) is 9.79 Å². The Morgan fingerprint density at radius 1 is 0.750 bits per heavy atom. The van der Waals surface area contributed by atoms with Crippen molar-refractivity contribution in [3.05, 3.63) is 24.3 Å². The first-order chi connectivity index (χ1) is 13.5. The molecule has 0 amide bonds. The largest absolute Gasteiger partial charge is 0.524 e. The van der Waals surface area contributed by atoms with Crippen LogP contribution >= 0.6 is 18.7 Å². The van der Waals surface area contributed by atoms with Gasteiger partial charge in [0, 0.05) is 0 Å². The molecule has 164 valence electrons. The Morgan fingerprint density at radius 2 is 1.18 bits per heavy atom. The quantitative estimate of drug-likeness (QED) is 0.138. The summed E-state index contributed by atoms with van der Waals surface area (Å²) in [5.41, 5.74) is 0. The average Bonchev–Trinajstić information content (AvgIpc) is 2.65. The van der Waals surface area contributed by atoms with Gasteiger partial charge in [0.1, 0.15) is 5.75 Å². The van der Waals surface area contributed by atoms with Crippen LogP contribution < -0.4 is 4.52 Å². The normalized spacial score (nSPS) is 12.2. The number of thiol groups is 1. The lowest BCUT2D eigenvalue weighted by Crippen LogP contribution is -1.98. The van der Waals surface area contributed by atoms with Gasteiger partial charge in [-0.2, -0.15) is 0 Å². The number of unbranched alkanes of at least 4 members (excludes halogenated alkanes) is 10. The summed E-state index contributed by atoms with van der Waals surface area (Å²) in [6.07, 6.45) is 15.8. The minimum atomic E-state index is -4.48. The lowest BCUT2D eigenvalue weighted by Gasteiger charge is -2.22. The first kappa shape index (κ1) is 25.6. The van der Waals surface area contributed by atoms with Crippen LogP contribution in [0, 0.1) is 0 Å². The predicted octanol–water partition coefficient (Wildman–Crippen LogP) is 7.24. The van der Waals surface area contributed by atoms with E-state index in [1.165, 1.54) is 93.5 Å². The Hall–Kier alpha value is -0.480. The number of hydrogen-bond acceptors (Lipinski definition) is 2. The molecule has 0 bridgehead atoms. The molecule has 0 aromatic heterocycles. The van der Waals surface area contributed by atoms with Gasteiger partial charge < -0.3 is 4.52 Å². The lowest BCUT2D eigenvalue weighted by atomic mass is 10.1. The van der Waals surface area contributed by atoms with E-state index in [9.17, 15) is 4.57 Å². The van der Waals surface area contributed by atoms with E-state index in [0.29, 0.717) is 0 Å². The van der Waals surface area contributed by atoms with E-state index in [1.807, 2.05) is 12.1 Å². The Bertz CT molecular complexity index is 528. The van der Waals surface area contributed by atoms with Crippen molar-refractivity contribution in [1.82, 2.24) is 0 Å². The van der Waals surface area contributed by atoms with Crippen molar-refractivity contribution in [1.29, 1.82) is 0 Å². The fourth-order valence-electron chi connectivity index (χ4n) is 3.39. The summed E-state index contributed by atoms with van der Waals surface area (Å²) in [7, 11) is -4.68. The van der Waals surface area contributed by atoms with Crippen molar-refractivity contribution in [2.24, 2.45) is 0 Å². The van der Waals surface area contributed by atoms with Crippen LogP contribution in [0.3, 0.4) is 0 Å². The fraction of sp³-hybridized carbons (Fsp3) is 0.727. The second-order valence-corrected chi connectivity index (χ2v) is 11.3. The van der Waals surface area contributed by atoms with E-state index in [2.05, 4.69) is 18.4 Å². The van der Waals surface area contributed by atoms with Crippen LogP contribution in [0.1, 0.15) is 90.9 Å². The highest BCUT2D eigenvalue weighted by molar-refractivity contribution is 8.17. The summed E-state index contributed by atoms with van der Waals surface area (Å²) in [6.45, 7) is 4.50. The summed E-state index contributed by atoms with van der Waals surface area (Å²) in [6, 6.07) is 7.41. The van der Waals surface area contributed by atoms with E-state index >= 15 is 0 Å². The summed E-state index contributed by atoms with van der Waals surface area (Å²) in [4.78, 5) is 19.2. The van der Waals surface area contributed by atoms with Crippen LogP contribution in [-0.2, 0) is 4.57 Å². The van der Waals surface area contributed by atoms with Crippen LogP contribution in [0.25, 0.3) is 0 Å². The third-order valence-electron chi connectivity index (χ3n) is 4.99. The van der Waals surface area contributed by atoms with Gasteiger partial charge in [0.05, 0.1) is 0 Å². The van der Waals surface area contributed by atoms with E-state index < -0.39 is 7.82 Å². The zero-order valence-electron chi connectivity index (χ0n) is 17.8. The van der Waals surface area contributed by atoms with Crippen molar-refractivity contribution in [2.75, 3.05) is 11.5 Å². The van der Waals surface area contributed by atoms with Crippen LogP contribution in [0.2, 0.25) is 0 Å². The number of hydrogen-bond donors (Lipinski definition) is 3. The third-order valence-corrected chi connectivity index (χ3v) is 8.18. The van der Waals surface area contributed by atoms with Crippen LogP contribution in [-0.4, -0.2) is 21.3 Å². The monoisotopic (exact) mass is 432 g/mol. The van der Waals surface area contributed by atoms with Crippen LogP contribution in [0.5, 0.6) is 5.75 Å². The highest BCUT2D eigenvalue weighted by Crippen LogP contribution is 2.42. The van der Waals surface area contributed by atoms with Gasteiger partial charge >= 0.3 is 7.82 Å². The molecular weight excluding hydrogens is 391 g/mol. The average molecular weight is 433 g/mol. The molecule has 0 saturated heterocycles. The van der Waals surface area contributed by atoms with Gasteiger partial charge in [-0.25, -0.2) is 15.5 Å². The number of phosphoric acid groups is 1. The van der Waals surface area contributed by atoms with Crippen molar-refractivity contribution in [3.8, 4) is 5.75 Å². The minimum Gasteiger partial charge on any atom is -0.404 e. The highest BCUT2D eigenvalue weighted by atomic mass is 32.2. The molecule has 4 nitrogen and oxygen atoms in total. The summed E-state index contributed by atoms with van der Waals surface area (Å²) in [5, 5.41) is 0. The number of benzene rings is 1. The summed E-state index contributed by atoms with van der Waals surface area (Å²) >= 11 is 0. The van der Waals surface area contributed by atoms with E-state index in [1.54, 1.807) is 12.1 Å². The molecule has 0 atom stereocenters. The smallest absolute Gasteiger partial charge is 0.404 e. The molecule has 0 spiro atoms. The lowest BCUT2D eigenvalue weighted by molar-refractivity contribution is 0.283. The molecule has 0 fully saturated rings. The number of phosphoric ester groups is 1. The Balaban J connectivity index is 2.54. The number of rotatable bonds is 17. The molecular formula is C22H41O4PS. The first-order valence-electron chi connectivity index (χ1n) is 11.1. The van der Waals surface area contributed by atoms with E-state index in [-0.39, 0.29) is 16.6 Å². The van der Waals surface area contributed by atoms with Gasteiger partial charge in [-0.1, -0.05) is 78.1 Å². The minimum absolute atomic E-state index is 0.200. The second kappa shape index (κ2) is 15.4. The maximum atomic E-state index is 11.0. The molecule has 0 aliphatic heterocycles. The first-order valence-corrected chi connectivity index (χ1v) is 14.3. The molecule has 1 aromatic rings. The SMILES string of the molecule is CCCCCCCC[SH](CCCCCCCC)c1ccc(OP(=O)(O)O)cc1. The van der Waals surface area contributed by atoms with Gasteiger partial charge in [-0.15, -0.1) is 0 Å². The summed E-state index contributed by atoms with van der Waals surface area (Å²) in [5.74, 6) is 2.76. The Morgan fingerprint density at radius 3 is 1.61 bits per heavy atom. The van der Waals surface area contributed by atoms with Gasteiger partial charge in [-0.05, 0) is 53.5 Å². The van der Waals surface area contributed by atoms with Gasteiger partial charge in [-0.3, -0.25) is 9.79 Å². The second-order valence-electron chi connectivity index (χ2n) is 7.60. The molecule has 0 radical (unpaired) electrons. The maximum Gasteiger partial charge on any atom is 0.524 e. The van der Waals surface area contributed by atoms with Gasteiger partial charge in [0.25, 0.3) is 0 Å². The standard InChI is InChI=1S/C22H41O4PS/c1-3-5-7-9-11-13-19-28(20-14-12-10-8-6-4-2)22-17-15-21(16-18-22)26-27(23,24)25/h15-18,28H,3-14,19-20H2,1-2H3,(H2,23,24,25). The maximum absolute atomic E-state index is 11.0. The molecule has 1 rings (SSSR count). The fourth-order valence-corrected chi connectivity index (χ4v) is 6.31. The molecule has 2 N–H and O–H groups in total.